The molecule has 0 atom stereocenters. The van der Waals surface area contributed by atoms with Gasteiger partial charge >= 0.3 is 0 Å². The summed E-state index contributed by atoms with van der Waals surface area (Å²) < 4.78 is 0. The third-order valence-electron chi connectivity index (χ3n) is 4.39. The lowest BCUT2D eigenvalue weighted by molar-refractivity contribution is -0.119. The molecular formula is C18H18N2O2S. The number of nitrogens with one attached hydrogen (secondary N) is 1. The Morgan fingerprint density at radius 2 is 2.09 bits per heavy atom. The molecule has 1 aromatic carbocycles. The molecule has 4 nitrogen and oxygen atoms in total. The molecule has 2 heterocycles. The maximum atomic E-state index is 12.4. The van der Waals surface area contributed by atoms with Crippen molar-refractivity contribution >= 4 is 34.5 Å². The summed E-state index contributed by atoms with van der Waals surface area (Å²) >= 11 is 1.44. The minimum absolute atomic E-state index is 0.0962. The molecule has 23 heavy (non-hydrogen) atoms. The van der Waals surface area contributed by atoms with E-state index in [0.29, 0.717) is 4.88 Å². The van der Waals surface area contributed by atoms with Gasteiger partial charge in [0.2, 0.25) is 5.91 Å². The number of hydrogen-bond acceptors (Lipinski definition) is 3. The fourth-order valence-corrected chi connectivity index (χ4v) is 3.77. The molecular weight excluding hydrogens is 308 g/mol. The molecule has 0 spiro atoms. The fourth-order valence-electron chi connectivity index (χ4n) is 2.98. The highest BCUT2D eigenvalue weighted by atomic mass is 32.1. The maximum absolute atomic E-state index is 12.4. The number of aryl methyl sites for hydroxylation is 1. The zero-order valence-electron chi connectivity index (χ0n) is 13.0. The summed E-state index contributed by atoms with van der Waals surface area (Å²) in [7, 11) is 0. The summed E-state index contributed by atoms with van der Waals surface area (Å²) in [4.78, 5) is 27.2. The van der Waals surface area contributed by atoms with Crippen molar-refractivity contribution in [1.82, 2.24) is 0 Å². The van der Waals surface area contributed by atoms with E-state index in [0.717, 1.165) is 42.7 Å². The second-order valence-electron chi connectivity index (χ2n) is 6.30. The van der Waals surface area contributed by atoms with E-state index in [2.05, 4.69) is 5.32 Å². The second kappa shape index (κ2) is 5.49. The van der Waals surface area contributed by atoms with Crippen molar-refractivity contribution in [2.75, 3.05) is 16.8 Å². The average molecular weight is 326 g/mol. The number of anilines is 2. The topological polar surface area (TPSA) is 49.4 Å². The van der Waals surface area contributed by atoms with Crippen LogP contribution in [0.15, 0.2) is 29.6 Å². The van der Waals surface area contributed by atoms with Crippen LogP contribution >= 0.6 is 11.3 Å². The molecule has 2 aromatic rings. The first-order valence-electron chi connectivity index (χ1n) is 7.92. The van der Waals surface area contributed by atoms with E-state index in [1.165, 1.54) is 16.9 Å². The van der Waals surface area contributed by atoms with E-state index < -0.39 is 0 Å². The van der Waals surface area contributed by atoms with Gasteiger partial charge < -0.3 is 10.2 Å². The van der Waals surface area contributed by atoms with Crippen LogP contribution in [-0.2, 0) is 11.2 Å². The Morgan fingerprint density at radius 3 is 2.78 bits per heavy atom. The van der Waals surface area contributed by atoms with Crippen molar-refractivity contribution in [3.05, 3.63) is 45.6 Å². The zero-order chi connectivity index (χ0) is 16.0. The summed E-state index contributed by atoms with van der Waals surface area (Å²) in [5.41, 5.74) is 3.98. The van der Waals surface area contributed by atoms with Gasteiger partial charge in [0, 0.05) is 23.8 Å². The summed E-state index contributed by atoms with van der Waals surface area (Å²) in [6, 6.07) is 7.75. The first kappa shape index (κ1) is 14.5. The fraction of sp³-hybridized carbons (Fsp3) is 0.333. The number of fused-ring (bicyclic) bond motifs is 1. The molecule has 4 rings (SSSR count). The van der Waals surface area contributed by atoms with Gasteiger partial charge in [-0.2, -0.15) is 0 Å². The average Bonchev–Trinajstić information content (AvgIpc) is 3.17. The number of nitrogens with zero attached hydrogens (tertiary/aromatic N) is 1. The zero-order valence-corrected chi connectivity index (χ0v) is 13.8. The van der Waals surface area contributed by atoms with Crippen molar-refractivity contribution in [3.8, 4) is 0 Å². The van der Waals surface area contributed by atoms with Gasteiger partial charge in [0.05, 0.1) is 4.88 Å². The first-order chi connectivity index (χ1) is 11.1. The first-order valence-corrected chi connectivity index (χ1v) is 8.80. The highest BCUT2D eigenvalue weighted by Gasteiger charge is 2.36. The molecule has 0 saturated heterocycles. The molecule has 2 amide bonds. The molecule has 2 aliphatic rings. The number of hydrogen-bond donors (Lipinski definition) is 1. The number of carbonyl (C=O) groups is 2. The highest BCUT2D eigenvalue weighted by molar-refractivity contribution is 7.12. The van der Waals surface area contributed by atoms with E-state index >= 15 is 0 Å². The van der Waals surface area contributed by atoms with E-state index in [9.17, 15) is 9.59 Å². The Bertz CT molecular complexity index is 792. The summed E-state index contributed by atoms with van der Waals surface area (Å²) in [5.74, 6) is 0.357. The van der Waals surface area contributed by atoms with E-state index in [1.54, 1.807) is 0 Å². The predicted octanol–water partition coefficient (Wildman–Crippen LogP) is 3.61. The Hall–Kier alpha value is -2.14. The Morgan fingerprint density at radius 1 is 1.26 bits per heavy atom. The Labute approximate surface area is 139 Å². The van der Waals surface area contributed by atoms with Gasteiger partial charge in [-0.25, -0.2) is 0 Å². The summed E-state index contributed by atoms with van der Waals surface area (Å²) in [5, 5.41) is 4.91. The smallest absolute Gasteiger partial charge is 0.265 e. The van der Waals surface area contributed by atoms with Crippen LogP contribution in [-0.4, -0.2) is 18.4 Å². The van der Waals surface area contributed by atoms with Crippen molar-refractivity contribution in [3.63, 3.8) is 0 Å². The molecule has 1 fully saturated rings. The predicted molar refractivity (Wildman–Crippen MR) is 92.2 cm³/mol. The highest BCUT2D eigenvalue weighted by Crippen LogP contribution is 2.37. The number of amides is 2. The summed E-state index contributed by atoms with van der Waals surface area (Å²) in [6.07, 6.45) is 2.92. The van der Waals surface area contributed by atoms with Crippen LogP contribution in [0.1, 0.15) is 33.6 Å². The maximum Gasteiger partial charge on any atom is 0.265 e. The number of benzene rings is 1. The minimum Gasteiger partial charge on any atom is -0.321 e. The minimum atomic E-state index is -0.0962. The normalized spacial score (nSPS) is 16.3. The Kier molecular flexibility index (Phi) is 3.45. The molecule has 0 bridgehead atoms. The molecule has 1 N–H and O–H groups in total. The van der Waals surface area contributed by atoms with Crippen LogP contribution in [0.3, 0.4) is 0 Å². The standard InChI is InChI=1S/C18H18N2O2S/c1-11-8-16(23-10-11)17(21)19-14-5-4-12-6-7-20(15(12)9-14)18(22)13-2-3-13/h4-5,8-10,13H,2-3,6-7H2,1H3,(H,19,21). The molecule has 1 aromatic heterocycles. The van der Waals surface area contributed by atoms with Crippen LogP contribution in [0.2, 0.25) is 0 Å². The SMILES string of the molecule is Cc1csc(C(=O)Nc2ccc3c(c2)N(C(=O)C2CC2)CC3)c1. The van der Waals surface area contributed by atoms with E-state index in [4.69, 9.17) is 0 Å². The monoisotopic (exact) mass is 326 g/mol. The molecule has 1 aliphatic carbocycles. The van der Waals surface area contributed by atoms with Crippen LogP contribution in [0.25, 0.3) is 0 Å². The number of rotatable bonds is 3. The molecule has 118 valence electrons. The van der Waals surface area contributed by atoms with Gasteiger partial charge in [0.15, 0.2) is 0 Å². The van der Waals surface area contributed by atoms with Gasteiger partial charge in [-0.05, 0) is 60.9 Å². The van der Waals surface area contributed by atoms with Crippen LogP contribution in [0.4, 0.5) is 11.4 Å². The van der Waals surface area contributed by atoms with Gasteiger partial charge in [-0.15, -0.1) is 11.3 Å². The molecule has 1 aliphatic heterocycles. The quantitative estimate of drug-likeness (QED) is 0.937. The number of thiophene rings is 1. The van der Waals surface area contributed by atoms with Crippen LogP contribution < -0.4 is 10.2 Å². The largest absolute Gasteiger partial charge is 0.321 e. The number of carbonyl (C=O) groups excluding carboxylic acids is 2. The molecule has 0 radical (unpaired) electrons. The van der Waals surface area contributed by atoms with Crippen LogP contribution in [0, 0.1) is 12.8 Å². The third-order valence-corrected chi connectivity index (χ3v) is 5.43. The third kappa shape index (κ3) is 2.77. The van der Waals surface area contributed by atoms with Crippen molar-refractivity contribution in [2.45, 2.75) is 26.2 Å². The van der Waals surface area contributed by atoms with Crippen molar-refractivity contribution in [2.24, 2.45) is 5.92 Å². The van der Waals surface area contributed by atoms with Crippen molar-refractivity contribution < 1.29 is 9.59 Å². The van der Waals surface area contributed by atoms with Gasteiger partial charge in [0.25, 0.3) is 5.91 Å². The van der Waals surface area contributed by atoms with Crippen LogP contribution in [0.5, 0.6) is 0 Å². The van der Waals surface area contributed by atoms with Gasteiger partial charge in [-0.3, -0.25) is 9.59 Å². The van der Waals surface area contributed by atoms with Gasteiger partial charge in [-0.1, -0.05) is 6.07 Å². The molecule has 0 unspecified atom stereocenters. The lowest BCUT2D eigenvalue weighted by Gasteiger charge is -2.18. The molecule has 5 heteroatoms. The van der Waals surface area contributed by atoms with E-state index in [1.807, 2.05) is 41.5 Å². The second-order valence-corrected chi connectivity index (χ2v) is 7.21. The lowest BCUT2D eigenvalue weighted by atomic mass is 10.1. The van der Waals surface area contributed by atoms with Gasteiger partial charge in [0.1, 0.15) is 0 Å². The lowest BCUT2D eigenvalue weighted by Crippen LogP contribution is -2.30. The Balaban J connectivity index is 1.55. The van der Waals surface area contributed by atoms with Crippen molar-refractivity contribution in [1.29, 1.82) is 0 Å². The summed E-state index contributed by atoms with van der Waals surface area (Å²) in [6.45, 7) is 2.73. The molecule has 1 saturated carbocycles. The van der Waals surface area contributed by atoms with E-state index in [-0.39, 0.29) is 17.7 Å².